The van der Waals surface area contributed by atoms with Crippen LogP contribution in [0.2, 0.25) is 0 Å². The van der Waals surface area contributed by atoms with Gasteiger partial charge in [-0.15, -0.1) is 0 Å². The number of aliphatic hydroxyl groups is 1. The number of carbonyl (C=O) groups is 1. The highest BCUT2D eigenvalue weighted by atomic mass is 16.5. The highest BCUT2D eigenvalue weighted by Gasteiger charge is 2.24. The minimum Gasteiger partial charge on any atom is -0.393 e. The van der Waals surface area contributed by atoms with E-state index in [0.717, 1.165) is 25.9 Å². The van der Waals surface area contributed by atoms with Gasteiger partial charge < -0.3 is 14.5 Å². The van der Waals surface area contributed by atoms with Gasteiger partial charge in [0.25, 0.3) is 5.91 Å². The van der Waals surface area contributed by atoms with Gasteiger partial charge in [-0.05, 0) is 32.6 Å². The fourth-order valence-corrected chi connectivity index (χ4v) is 2.85. The molecule has 1 aromatic heterocycles. The molecule has 23 heavy (non-hydrogen) atoms. The van der Waals surface area contributed by atoms with Crippen LogP contribution in [-0.2, 0) is 6.54 Å². The van der Waals surface area contributed by atoms with E-state index in [0.29, 0.717) is 30.5 Å². The molecule has 0 bridgehead atoms. The Hall–Kier alpha value is -1.40. The van der Waals surface area contributed by atoms with Gasteiger partial charge in [-0.3, -0.25) is 9.69 Å². The molecule has 0 saturated carbocycles. The van der Waals surface area contributed by atoms with Gasteiger partial charge in [0.15, 0.2) is 11.5 Å². The van der Waals surface area contributed by atoms with Crippen LogP contribution in [0.5, 0.6) is 0 Å². The van der Waals surface area contributed by atoms with Crippen molar-refractivity contribution >= 4 is 5.91 Å². The summed E-state index contributed by atoms with van der Waals surface area (Å²) in [4.78, 5) is 16.7. The number of amides is 1. The number of aromatic nitrogens is 1. The Morgan fingerprint density at radius 2 is 2.04 bits per heavy atom. The van der Waals surface area contributed by atoms with E-state index >= 15 is 0 Å². The van der Waals surface area contributed by atoms with E-state index in [1.165, 1.54) is 0 Å². The molecule has 1 aliphatic heterocycles. The fourth-order valence-electron chi connectivity index (χ4n) is 2.85. The van der Waals surface area contributed by atoms with Crippen molar-refractivity contribution in [1.82, 2.24) is 15.0 Å². The molecule has 6 nitrogen and oxygen atoms in total. The smallest absolute Gasteiger partial charge is 0.276 e. The summed E-state index contributed by atoms with van der Waals surface area (Å²) in [6, 6.07) is 1.89. The zero-order chi connectivity index (χ0) is 17.0. The van der Waals surface area contributed by atoms with Crippen LogP contribution in [0.15, 0.2) is 10.6 Å². The molecule has 0 aliphatic carbocycles. The Bertz CT molecular complexity index is 505. The Labute approximate surface area is 138 Å². The third kappa shape index (κ3) is 5.04. The minimum absolute atomic E-state index is 0.0715. The number of rotatable bonds is 6. The zero-order valence-electron chi connectivity index (χ0n) is 14.7. The summed E-state index contributed by atoms with van der Waals surface area (Å²) in [5, 5.41) is 13.5. The first-order valence-corrected chi connectivity index (χ1v) is 8.53. The first-order chi connectivity index (χ1) is 10.9. The second-order valence-electron chi connectivity index (χ2n) is 7.13. The van der Waals surface area contributed by atoms with Crippen molar-refractivity contribution in [2.75, 3.05) is 19.6 Å². The molecular weight excluding hydrogens is 294 g/mol. The number of likely N-dealkylation sites (tertiary alicyclic amines) is 1. The maximum Gasteiger partial charge on any atom is 0.276 e. The lowest BCUT2D eigenvalue weighted by Gasteiger charge is -2.28. The summed E-state index contributed by atoms with van der Waals surface area (Å²) in [5.74, 6) is 1.04. The van der Waals surface area contributed by atoms with Crippen LogP contribution in [0.25, 0.3) is 0 Å². The predicted octanol–water partition coefficient (Wildman–Crippen LogP) is 2.14. The molecule has 0 unspecified atom stereocenters. The van der Waals surface area contributed by atoms with Crippen molar-refractivity contribution < 1.29 is 14.4 Å². The predicted molar refractivity (Wildman–Crippen MR) is 88.0 cm³/mol. The standard InChI is InChI=1S/C17H29N3O3/c1-12(2)10-20(13(3)4)17(22)16-9-15(23-18-16)11-19-7-5-14(21)6-8-19/h9,12-14,21H,5-8,10-11H2,1-4H3. The summed E-state index contributed by atoms with van der Waals surface area (Å²) in [6.45, 7) is 11.3. The molecule has 1 amide bonds. The number of nitrogens with zero attached hydrogens (tertiary/aromatic N) is 3. The van der Waals surface area contributed by atoms with Crippen LogP contribution in [0.4, 0.5) is 0 Å². The molecule has 0 atom stereocenters. The lowest BCUT2D eigenvalue weighted by molar-refractivity contribution is 0.0669. The lowest BCUT2D eigenvalue weighted by atomic mass is 10.1. The normalized spacial score (nSPS) is 17.2. The van der Waals surface area contributed by atoms with E-state index in [9.17, 15) is 9.90 Å². The molecule has 1 N–H and O–H groups in total. The maximum absolute atomic E-state index is 12.6. The van der Waals surface area contributed by atoms with Crippen LogP contribution in [0, 0.1) is 5.92 Å². The highest BCUT2D eigenvalue weighted by molar-refractivity contribution is 5.92. The second-order valence-corrected chi connectivity index (χ2v) is 7.13. The van der Waals surface area contributed by atoms with Crippen molar-refractivity contribution in [3.05, 3.63) is 17.5 Å². The summed E-state index contributed by atoms with van der Waals surface area (Å²) >= 11 is 0. The number of aliphatic hydroxyl groups excluding tert-OH is 1. The molecule has 1 saturated heterocycles. The zero-order valence-corrected chi connectivity index (χ0v) is 14.7. The molecule has 2 heterocycles. The van der Waals surface area contributed by atoms with E-state index < -0.39 is 0 Å². The van der Waals surface area contributed by atoms with Gasteiger partial charge in [0.1, 0.15) is 0 Å². The van der Waals surface area contributed by atoms with Crippen molar-refractivity contribution in [3.63, 3.8) is 0 Å². The third-order valence-corrected chi connectivity index (χ3v) is 4.16. The largest absolute Gasteiger partial charge is 0.393 e. The molecular formula is C17H29N3O3. The van der Waals surface area contributed by atoms with Gasteiger partial charge in [0, 0.05) is 31.7 Å². The first kappa shape index (κ1) is 17.9. The van der Waals surface area contributed by atoms with Crippen LogP contribution >= 0.6 is 0 Å². The SMILES string of the molecule is CC(C)CN(C(=O)c1cc(CN2CCC(O)CC2)on1)C(C)C. The van der Waals surface area contributed by atoms with E-state index in [2.05, 4.69) is 23.9 Å². The number of hydrogen-bond donors (Lipinski definition) is 1. The van der Waals surface area contributed by atoms with E-state index in [-0.39, 0.29) is 18.1 Å². The molecule has 6 heteroatoms. The maximum atomic E-state index is 12.6. The van der Waals surface area contributed by atoms with Crippen LogP contribution in [0.1, 0.15) is 56.8 Å². The van der Waals surface area contributed by atoms with Crippen molar-refractivity contribution in [1.29, 1.82) is 0 Å². The van der Waals surface area contributed by atoms with Gasteiger partial charge in [-0.1, -0.05) is 19.0 Å². The topological polar surface area (TPSA) is 69.8 Å². The molecule has 1 aliphatic rings. The molecule has 1 aromatic rings. The van der Waals surface area contributed by atoms with E-state index in [1.54, 1.807) is 6.07 Å². The van der Waals surface area contributed by atoms with Gasteiger partial charge >= 0.3 is 0 Å². The summed E-state index contributed by atoms with van der Waals surface area (Å²) in [5.41, 5.74) is 0.381. The average molecular weight is 323 g/mol. The van der Waals surface area contributed by atoms with Crippen molar-refractivity contribution in [3.8, 4) is 0 Å². The molecule has 0 aromatic carbocycles. The fraction of sp³-hybridized carbons (Fsp3) is 0.765. The molecule has 2 rings (SSSR count). The van der Waals surface area contributed by atoms with E-state index in [4.69, 9.17) is 4.52 Å². The highest BCUT2D eigenvalue weighted by Crippen LogP contribution is 2.16. The first-order valence-electron chi connectivity index (χ1n) is 8.53. The lowest BCUT2D eigenvalue weighted by Crippen LogP contribution is -2.39. The van der Waals surface area contributed by atoms with Crippen molar-refractivity contribution in [2.24, 2.45) is 5.92 Å². The second kappa shape index (κ2) is 7.93. The van der Waals surface area contributed by atoms with Gasteiger partial charge in [-0.2, -0.15) is 0 Å². The quantitative estimate of drug-likeness (QED) is 0.868. The Morgan fingerprint density at radius 1 is 1.39 bits per heavy atom. The van der Waals surface area contributed by atoms with Crippen molar-refractivity contribution in [2.45, 2.75) is 59.2 Å². The number of hydrogen-bond acceptors (Lipinski definition) is 5. The molecule has 0 radical (unpaired) electrons. The van der Waals surface area contributed by atoms with Gasteiger partial charge in [-0.25, -0.2) is 0 Å². The monoisotopic (exact) mass is 323 g/mol. The molecule has 130 valence electrons. The van der Waals surface area contributed by atoms with Gasteiger partial charge in [0.2, 0.25) is 0 Å². The van der Waals surface area contributed by atoms with Gasteiger partial charge in [0.05, 0.1) is 12.6 Å². The summed E-state index contributed by atoms with van der Waals surface area (Å²) in [6.07, 6.45) is 1.39. The number of piperidine rings is 1. The summed E-state index contributed by atoms with van der Waals surface area (Å²) in [7, 11) is 0. The van der Waals surface area contributed by atoms with Crippen LogP contribution < -0.4 is 0 Å². The van der Waals surface area contributed by atoms with Crippen LogP contribution in [0.3, 0.4) is 0 Å². The average Bonchev–Trinajstić information content (AvgIpc) is 2.94. The third-order valence-electron chi connectivity index (χ3n) is 4.16. The summed E-state index contributed by atoms with van der Waals surface area (Å²) < 4.78 is 5.35. The van der Waals surface area contributed by atoms with E-state index in [1.807, 2.05) is 18.7 Å². The molecule has 1 fully saturated rings. The Kier molecular flexibility index (Phi) is 6.18. The Balaban J connectivity index is 1.98. The molecule has 0 spiro atoms. The number of carbonyl (C=O) groups excluding carboxylic acids is 1. The van der Waals surface area contributed by atoms with Crippen LogP contribution in [-0.4, -0.2) is 57.8 Å². The Morgan fingerprint density at radius 3 is 2.61 bits per heavy atom. The minimum atomic E-state index is -0.186.